The zero-order valence-corrected chi connectivity index (χ0v) is 12.5. The van der Waals surface area contributed by atoms with Gasteiger partial charge in [-0.3, -0.25) is 9.78 Å². The number of hydrogen-bond donors (Lipinski definition) is 1. The van der Waals surface area contributed by atoms with Crippen LogP contribution in [0, 0.1) is 12.7 Å². The van der Waals surface area contributed by atoms with E-state index in [9.17, 15) is 9.18 Å². The van der Waals surface area contributed by atoms with Crippen molar-refractivity contribution in [1.82, 2.24) is 10.4 Å². The first kappa shape index (κ1) is 14.8. The number of amides is 1. The van der Waals surface area contributed by atoms with Gasteiger partial charge in [-0.15, -0.1) is 0 Å². The summed E-state index contributed by atoms with van der Waals surface area (Å²) >= 11 is 0. The van der Waals surface area contributed by atoms with Crippen molar-refractivity contribution in [1.29, 1.82) is 0 Å². The highest BCUT2D eigenvalue weighted by atomic mass is 19.1. The molecule has 23 heavy (non-hydrogen) atoms. The van der Waals surface area contributed by atoms with Gasteiger partial charge < -0.3 is 0 Å². The lowest BCUT2D eigenvalue weighted by Gasteiger charge is -2.06. The number of hydrogen-bond acceptors (Lipinski definition) is 3. The third-order valence-electron chi connectivity index (χ3n) is 3.36. The summed E-state index contributed by atoms with van der Waals surface area (Å²) in [4.78, 5) is 16.7. The summed E-state index contributed by atoms with van der Waals surface area (Å²) < 4.78 is 13.5. The lowest BCUT2D eigenvalue weighted by Crippen LogP contribution is -2.18. The number of carbonyl (C=O) groups is 1. The highest BCUT2D eigenvalue weighted by Gasteiger charge is 2.11. The quantitative estimate of drug-likeness (QED) is 0.595. The third-order valence-corrected chi connectivity index (χ3v) is 3.36. The molecule has 0 unspecified atom stereocenters. The molecule has 1 heterocycles. The Morgan fingerprint density at radius 2 is 1.91 bits per heavy atom. The molecule has 3 aromatic rings. The number of nitrogens with zero attached hydrogens (tertiary/aromatic N) is 2. The molecular formula is C18H14FN3O. The Morgan fingerprint density at radius 3 is 2.74 bits per heavy atom. The number of benzene rings is 2. The largest absolute Gasteiger partial charge is 0.272 e. The Hall–Kier alpha value is -3.08. The predicted octanol–water partition coefficient (Wildman–Crippen LogP) is 3.45. The van der Waals surface area contributed by atoms with E-state index in [0.29, 0.717) is 11.1 Å². The second-order valence-electron chi connectivity index (χ2n) is 5.05. The molecule has 0 fully saturated rings. The molecule has 0 aliphatic rings. The van der Waals surface area contributed by atoms with Gasteiger partial charge >= 0.3 is 0 Å². The minimum Gasteiger partial charge on any atom is -0.267 e. The molecule has 0 spiro atoms. The number of fused-ring (bicyclic) bond motifs is 1. The first-order valence-electron chi connectivity index (χ1n) is 7.09. The van der Waals surface area contributed by atoms with Gasteiger partial charge in [0, 0.05) is 16.6 Å². The summed E-state index contributed by atoms with van der Waals surface area (Å²) in [6.07, 6.45) is 1.28. The number of rotatable bonds is 3. The number of nitrogens with one attached hydrogen (secondary N) is 1. The molecule has 1 N–H and O–H groups in total. The first-order valence-corrected chi connectivity index (χ1v) is 7.09. The van der Waals surface area contributed by atoms with Crippen LogP contribution in [0.4, 0.5) is 4.39 Å². The van der Waals surface area contributed by atoms with E-state index < -0.39 is 5.82 Å². The van der Waals surface area contributed by atoms with Gasteiger partial charge in [0.1, 0.15) is 5.82 Å². The maximum atomic E-state index is 13.5. The fraction of sp³-hybridized carbons (Fsp3) is 0.0556. The standard InChI is InChI=1S/C18H14FN3O/c1-12-10-15(14-7-3-5-9-17(14)21-12)18(23)22-20-11-13-6-2-4-8-16(13)19/h2-11H,1H3,(H,22,23)/b20-11-. The number of carbonyl (C=O) groups excluding carboxylic acids is 1. The average molecular weight is 307 g/mol. The van der Waals surface area contributed by atoms with E-state index in [-0.39, 0.29) is 5.91 Å². The van der Waals surface area contributed by atoms with Gasteiger partial charge in [-0.25, -0.2) is 9.82 Å². The highest BCUT2D eigenvalue weighted by Crippen LogP contribution is 2.18. The van der Waals surface area contributed by atoms with E-state index >= 15 is 0 Å². The highest BCUT2D eigenvalue weighted by molar-refractivity contribution is 6.06. The second kappa shape index (κ2) is 6.36. The van der Waals surface area contributed by atoms with Crippen LogP contribution < -0.4 is 5.43 Å². The zero-order chi connectivity index (χ0) is 16.2. The third kappa shape index (κ3) is 3.23. The molecule has 0 radical (unpaired) electrons. The summed E-state index contributed by atoms with van der Waals surface area (Å²) in [7, 11) is 0. The Morgan fingerprint density at radius 1 is 1.17 bits per heavy atom. The van der Waals surface area contributed by atoms with Crippen LogP contribution in [0.25, 0.3) is 10.9 Å². The summed E-state index contributed by atoms with van der Waals surface area (Å²) in [5, 5.41) is 4.58. The van der Waals surface area contributed by atoms with Crippen LogP contribution in [-0.4, -0.2) is 17.1 Å². The van der Waals surface area contributed by atoms with Crippen LogP contribution in [-0.2, 0) is 0 Å². The van der Waals surface area contributed by atoms with Crippen molar-refractivity contribution in [3.63, 3.8) is 0 Å². The molecular weight excluding hydrogens is 293 g/mol. The van der Waals surface area contributed by atoms with E-state index in [0.717, 1.165) is 16.6 Å². The fourth-order valence-electron chi connectivity index (χ4n) is 2.30. The lowest BCUT2D eigenvalue weighted by atomic mass is 10.1. The van der Waals surface area contributed by atoms with Crippen LogP contribution in [0.5, 0.6) is 0 Å². The fourth-order valence-corrected chi connectivity index (χ4v) is 2.30. The van der Waals surface area contributed by atoms with Crippen molar-refractivity contribution in [3.05, 3.63) is 77.2 Å². The monoisotopic (exact) mass is 307 g/mol. The minimum atomic E-state index is -0.393. The molecule has 114 valence electrons. The molecule has 0 aliphatic heterocycles. The van der Waals surface area contributed by atoms with Crippen molar-refractivity contribution < 1.29 is 9.18 Å². The van der Waals surface area contributed by atoms with E-state index in [1.807, 2.05) is 31.2 Å². The van der Waals surface area contributed by atoms with E-state index in [1.54, 1.807) is 24.3 Å². The smallest absolute Gasteiger partial charge is 0.267 e. The predicted molar refractivity (Wildman–Crippen MR) is 87.9 cm³/mol. The number of para-hydroxylation sites is 1. The normalized spacial score (nSPS) is 11.0. The lowest BCUT2D eigenvalue weighted by molar-refractivity contribution is 0.0956. The van der Waals surface area contributed by atoms with E-state index in [1.165, 1.54) is 12.3 Å². The molecule has 0 saturated carbocycles. The van der Waals surface area contributed by atoms with E-state index in [2.05, 4.69) is 15.5 Å². The maximum absolute atomic E-state index is 13.5. The van der Waals surface area contributed by atoms with Gasteiger partial charge in [-0.2, -0.15) is 5.10 Å². The van der Waals surface area contributed by atoms with Crippen molar-refractivity contribution in [3.8, 4) is 0 Å². The number of aryl methyl sites for hydroxylation is 1. The van der Waals surface area contributed by atoms with Crippen LogP contribution in [0.15, 0.2) is 59.7 Å². The van der Waals surface area contributed by atoms with Crippen LogP contribution in [0.1, 0.15) is 21.6 Å². The number of halogens is 1. The molecule has 1 amide bonds. The number of aromatic nitrogens is 1. The molecule has 5 heteroatoms. The second-order valence-corrected chi connectivity index (χ2v) is 5.05. The molecule has 0 atom stereocenters. The van der Waals surface area contributed by atoms with Crippen LogP contribution >= 0.6 is 0 Å². The van der Waals surface area contributed by atoms with Gasteiger partial charge in [-0.1, -0.05) is 36.4 Å². The molecule has 2 aromatic carbocycles. The first-order chi connectivity index (χ1) is 11.1. The van der Waals surface area contributed by atoms with Crippen LogP contribution in [0.2, 0.25) is 0 Å². The average Bonchev–Trinajstić information content (AvgIpc) is 2.55. The van der Waals surface area contributed by atoms with Crippen molar-refractivity contribution in [2.24, 2.45) is 5.10 Å². The SMILES string of the molecule is Cc1cc(C(=O)N/N=C\c2ccccc2F)c2ccccc2n1. The number of hydrazone groups is 1. The summed E-state index contributed by atoms with van der Waals surface area (Å²) in [5.41, 5.74) is 4.71. The van der Waals surface area contributed by atoms with Crippen molar-refractivity contribution in [2.45, 2.75) is 6.92 Å². The molecule has 4 nitrogen and oxygen atoms in total. The zero-order valence-electron chi connectivity index (χ0n) is 12.5. The Labute approximate surface area is 132 Å². The Kier molecular flexibility index (Phi) is 4.10. The summed E-state index contributed by atoms with van der Waals surface area (Å²) in [5.74, 6) is -0.755. The van der Waals surface area contributed by atoms with Gasteiger partial charge in [0.05, 0.1) is 17.3 Å². The van der Waals surface area contributed by atoms with E-state index in [4.69, 9.17) is 0 Å². The molecule has 0 aliphatic carbocycles. The minimum absolute atomic E-state index is 0.309. The van der Waals surface area contributed by atoms with Gasteiger partial charge in [0.2, 0.25) is 0 Å². The molecule has 3 rings (SSSR count). The topological polar surface area (TPSA) is 54.4 Å². The maximum Gasteiger partial charge on any atom is 0.272 e. The summed E-state index contributed by atoms with van der Waals surface area (Å²) in [6, 6.07) is 15.3. The Bertz CT molecular complexity index is 906. The summed E-state index contributed by atoms with van der Waals surface area (Å²) in [6.45, 7) is 1.83. The van der Waals surface area contributed by atoms with Crippen LogP contribution in [0.3, 0.4) is 0 Å². The Balaban J connectivity index is 1.86. The van der Waals surface area contributed by atoms with Crippen molar-refractivity contribution in [2.75, 3.05) is 0 Å². The van der Waals surface area contributed by atoms with Crippen molar-refractivity contribution >= 4 is 23.0 Å². The number of pyridine rings is 1. The van der Waals surface area contributed by atoms with Gasteiger partial charge in [0.15, 0.2) is 0 Å². The molecule has 0 saturated heterocycles. The van der Waals surface area contributed by atoms with Gasteiger partial charge in [-0.05, 0) is 25.1 Å². The molecule has 0 bridgehead atoms. The van der Waals surface area contributed by atoms with Gasteiger partial charge in [0.25, 0.3) is 5.91 Å². The molecule has 1 aromatic heterocycles.